The van der Waals surface area contributed by atoms with Crippen LogP contribution in [0.3, 0.4) is 0 Å². The van der Waals surface area contributed by atoms with Crippen LogP contribution in [0.4, 0.5) is 0 Å². The van der Waals surface area contributed by atoms with Crippen molar-refractivity contribution >= 4 is 0 Å². The molecule has 0 aromatic carbocycles. The maximum atomic E-state index is 9.69. The Labute approximate surface area is 58.9 Å². The van der Waals surface area contributed by atoms with Crippen LogP contribution >= 0.6 is 0 Å². The van der Waals surface area contributed by atoms with E-state index in [4.69, 9.17) is 5.26 Å². The molecule has 0 aliphatic carbocycles. The lowest BCUT2D eigenvalue weighted by atomic mass is 10.2. The van der Waals surface area contributed by atoms with Gasteiger partial charge in [0.25, 0.3) is 0 Å². The van der Waals surface area contributed by atoms with Crippen LogP contribution in [0.1, 0.15) is 19.3 Å². The van der Waals surface area contributed by atoms with E-state index in [1.165, 1.54) is 6.08 Å². The van der Waals surface area contributed by atoms with E-state index < -0.39 is 4.92 Å². The molecule has 0 saturated carbocycles. The van der Waals surface area contributed by atoms with Crippen molar-refractivity contribution in [1.29, 1.82) is 5.26 Å². The molecular weight excluding hydrogens is 132 g/mol. The van der Waals surface area contributed by atoms with Gasteiger partial charge in [-0.05, 0) is 18.9 Å². The van der Waals surface area contributed by atoms with Crippen LogP contribution in [0.15, 0.2) is 12.3 Å². The van der Waals surface area contributed by atoms with Crippen LogP contribution in [0.5, 0.6) is 0 Å². The van der Waals surface area contributed by atoms with Gasteiger partial charge in [0.1, 0.15) is 0 Å². The first-order valence-electron chi connectivity index (χ1n) is 2.94. The van der Waals surface area contributed by atoms with E-state index in [0.29, 0.717) is 19.3 Å². The van der Waals surface area contributed by atoms with Crippen LogP contribution in [-0.4, -0.2) is 4.92 Å². The number of rotatable bonds is 4. The van der Waals surface area contributed by atoms with Crippen molar-refractivity contribution in [2.24, 2.45) is 0 Å². The summed E-state index contributed by atoms with van der Waals surface area (Å²) >= 11 is 0. The Morgan fingerprint density at radius 2 is 2.40 bits per heavy atom. The smallest absolute Gasteiger partial charge is 0.230 e. The number of unbranched alkanes of at least 4 members (excludes halogenated alkanes) is 2. The Morgan fingerprint density at radius 1 is 1.70 bits per heavy atom. The highest BCUT2D eigenvalue weighted by atomic mass is 16.6. The Hall–Kier alpha value is -1.37. The normalized spacial score (nSPS) is 9.50. The van der Waals surface area contributed by atoms with Gasteiger partial charge in [-0.15, -0.1) is 0 Å². The van der Waals surface area contributed by atoms with Crippen molar-refractivity contribution in [3.8, 4) is 6.07 Å². The summed E-state index contributed by atoms with van der Waals surface area (Å²) in [6.45, 7) is 0. The first kappa shape index (κ1) is 8.63. The van der Waals surface area contributed by atoms with Crippen LogP contribution in [0, 0.1) is 21.4 Å². The number of allylic oxidation sites excluding steroid dienone is 1. The minimum atomic E-state index is -0.508. The Morgan fingerprint density at radius 3 is 2.90 bits per heavy atom. The van der Waals surface area contributed by atoms with Crippen molar-refractivity contribution in [2.75, 3.05) is 0 Å². The van der Waals surface area contributed by atoms with Crippen LogP contribution in [0.2, 0.25) is 0 Å². The predicted molar refractivity (Wildman–Crippen MR) is 35.6 cm³/mol. The zero-order chi connectivity index (χ0) is 7.82. The molecule has 0 unspecified atom stereocenters. The maximum absolute atomic E-state index is 9.69. The van der Waals surface area contributed by atoms with Gasteiger partial charge < -0.3 is 0 Å². The zero-order valence-electron chi connectivity index (χ0n) is 5.49. The molecule has 4 heteroatoms. The third-order valence-electron chi connectivity index (χ3n) is 0.886. The molecule has 0 radical (unpaired) electrons. The quantitative estimate of drug-likeness (QED) is 0.337. The number of hydrogen-bond acceptors (Lipinski definition) is 3. The second kappa shape index (κ2) is 5.76. The minimum absolute atomic E-state index is 0.460. The SMILES string of the molecule is N#CCCC/C=C/[N+](=O)[O-]. The highest BCUT2D eigenvalue weighted by molar-refractivity contribution is 4.76. The summed E-state index contributed by atoms with van der Waals surface area (Å²) < 4.78 is 0. The van der Waals surface area contributed by atoms with Crippen LogP contribution < -0.4 is 0 Å². The van der Waals surface area contributed by atoms with Crippen molar-refractivity contribution in [2.45, 2.75) is 19.3 Å². The summed E-state index contributed by atoms with van der Waals surface area (Å²) in [6.07, 6.45) is 4.12. The van der Waals surface area contributed by atoms with Gasteiger partial charge in [-0.25, -0.2) is 0 Å². The fraction of sp³-hybridized carbons (Fsp3) is 0.500. The van der Waals surface area contributed by atoms with E-state index >= 15 is 0 Å². The second-order valence-electron chi connectivity index (χ2n) is 1.72. The molecule has 10 heavy (non-hydrogen) atoms. The summed E-state index contributed by atoms with van der Waals surface area (Å²) in [5.41, 5.74) is 0. The molecular formula is C6H8N2O2. The van der Waals surface area contributed by atoms with E-state index in [2.05, 4.69) is 0 Å². The van der Waals surface area contributed by atoms with E-state index in [0.717, 1.165) is 6.20 Å². The van der Waals surface area contributed by atoms with Gasteiger partial charge in [0, 0.05) is 6.42 Å². The molecule has 0 spiro atoms. The lowest BCUT2D eigenvalue weighted by molar-refractivity contribution is -0.402. The summed E-state index contributed by atoms with van der Waals surface area (Å²) in [6, 6.07) is 1.95. The Bertz CT molecular complexity index is 169. The van der Waals surface area contributed by atoms with Gasteiger partial charge in [-0.2, -0.15) is 5.26 Å². The van der Waals surface area contributed by atoms with Gasteiger partial charge in [0.15, 0.2) is 0 Å². The molecule has 0 aromatic heterocycles. The summed E-state index contributed by atoms with van der Waals surface area (Å²) in [5.74, 6) is 0. The third-order valence-corrected chi connectivity index (χ3v) is 0.886. The molecule has 0 bridgehead atoms. The van der Waals surface area contributed by atoms with Gasteiger partial charge >= 0.3 is 0 Å². The van der Waals surface area contributed by atoms with Crippen molar-refractivity contribution in [3.05, 3.63) is 22.4 Å². The first-order valence-corrected chi connectivity index (χ1v) is 2.94. The molecule has 0 heterocycles. The monoisotopic (exact) mass is 140 g/mol. The average molecular weight is 140 g/mol. The fourth-order valence-electron chi connectivity index (χ4n) is 0.460. The van der Waals surface area contributed by atoms with Gasteiger partial charge in [0.05, 0.1) is 11.0 Å². The number of nitro groups is 1. The number of nitrogens with zero attached hydrogens (tertiary/aromatic N) is 2. The lowest BCUT2D eigenvalue weighted by Gasteiger charge is -1.82. The van der Waals surface area contributed by atoms with Gasteiger partial charge in [0.2, 0.25) is 6.20 Å². The largest absolute Gasteiger partial charge is 0.259 e. The third kappa shape index (κ3) is 6.63. The van der Waals surface area contributed by atoms with Crippen molar-refractivity contribution in [1.82, 2.24) is 0 Å². The fourth-order valence-corrected chi connectivity index (χ4v) is 0.460. The zero-order valence-corrected chi connectivity index (χ0v) is 5.49. The number of nitriles is 1. The molecule has 4 nitrogen and oxygen atoms in total. The minimum Gasteiger partial charge on any atom is -0.259 e. The first-order chi connectivity index (χ1) is 4.77. The van der Waals surface area contributed by atoms with Gasteiger partial charge in [-0.3, -0.25) is 10.1 Å². The van der Waals surface area contributed by atoms with E-state index in [-0.39, 0.29) is 0 Å². The molecule has 0 atom stereocenters. The van der Waals surface area contributed by atoms with E-state index in [1.807, 2.05) is 6.07 Å². The standard InChI is InChI=1S/C6H8N2O2/c7-5-3-1-2-4-6-8(9)10/h4,6H,1-3H2/b6-4+. The molecule has 0 aliphatic rings. The Kier molecular flexibility index (Phi) is 4.97. The van der Waals surface area contributed by atoms with Crippen LogP contribution in [-0.2, 0) is 0 Å². The summed E-state index contributed by atoms with van der Waals surface area (Å²) in [7, 11) is 0. The van der Waals surface area contributed by atoms with Crippen molar-refractivity contribution in [3.63, 3.8) is 0 Å². The summed E-state index contributed by atoms with van der Waals surface area (Å²) in [4.78, 5) is 9.18. The molecule has 0 amide bonds. The second-order valence-corrected chi connectivity index (χ2v) is 1.72. The molecule has 0 rings (SSSR count). The Balaban J connectivity index is 3.20. The predicted octanol–water partition coefficient (Wildman–Crippen LogP) is 1.47. The topological polar surface area (TPSA) is 66.9 Å². The molecule has 0 aromatic rings. The lowest BCUT2D eigenvalue weighted by Crippen LogP contribution is -1.81. The van der Waals surface area contributed by atoms with E-state index in [9.17, 15) is 10.1 Å². The highest BCUT2D eigenvalue weighted by Gasteiger charge is 1.84. The summed E-state index contributed by atoms with van der Waals surface area (Å²) in [5, 5.41) is 17.8. The maximum Gasteiger partial charge on any atom is 0.230 e. The molecule has 0 fully saturated rings. The molecule has 0 aliphatic heterocycles. The molecule has 54 valence electrons. The average Bonchev–Trinajstić information content (AvgIpc) is 1.87. The van der Waals surface area contributed by atoms with Crippen molar-refractivity contribution < 1.29 is 4.92 Å². The van der Waals surface area contributed by atoms with E-state index in [1.54, 1.807) is 0 Å². The highest BCUT2D eigenvalue weighted by Crippen LogP contribution is 1.94. The van der Waals surface area contributed by atoms with Gasteiger partial charge in [-0.1, -0.05) is 0 Å². The molecule has 0 N–H and O–H groups in total. The number of hydrogen-bond donors (Lipinski definition) is 0. The molecule has 0 saturated heterocycles. The van der Waals surface area contributed by atoms with Crippen LogP contribution in [0.25, 0.3) is 0 Å².